The number of likely N-dealkylation sites (tertiary alicyclic amines) is 1. The van der Waals surface area contributed by atoms with Gasteiger partial charge in [0.15, 0.2) is 11.5 Å². The van der Waals surface area contributed by atoms with Crippen molar-refractivity contribution in [1.29, 1.82) is 0 Å². The molecule has 1 fully saturated rings. The highest BCUT2D eigenvalue weighted by atomic mass is 16.5. The van der Waals surface area contributed by atoms with E-state index in [1.165, 1.54) is 37.9 Å². The maximum Gasteiger partial charge on any atom is 0.258 e. The number of piperidine rings is 1. The van der Waals surface area contributed by atoms with Gasteiger partial charge in [0.25, 0.3) is 5.91 Å². The SMILES string of the molecule is CCOc1cc2c(cc1OCC)C(=C(Nc1ccc(CN3CCCCC3)cc1)c1ccccc1)C(=O)N2. The van der Waals surface area contributed by atoms with E-state index < -0.39 is 0 Å². The number of amides is 1. The number of rotatable bonds is 9. The van der Waals surface area contributed by atoms with Crippen molar-refractivity contribution in [3.8, 4) is 11.5 Å². The molecule has 0 radical (unpaired) electrons. The van der Waals surface area contributed by atoms with E-state index >= 15 is 0 Å². The molecule has 3 aromatic carbocycles. The fraction of sp³-hybridized carbons (Fsp3) is 0.323. The maximum absolute atomic E-state index is 13.4. The lowest BCUT2D eigenvalue weighted by Crippen LogP contribution is -2.29. The first-order valence-electron chi connectivity index (χ1n) is 13.3. The van der Waals surface area contributed by atoms with Crippen molar-refractivity contribution in [2.75, 3.05) is 36.9 Å². The molecule has 0 aromatic heterocycles. The summed E-state index contributed by atoms with van der Waals surface area (Å²) in [5.74, 6) is 1.11. The Morgan fingerprint density at radius 2 is 1.57 bits per heavy atom. The number of carbonyl (C=O) groups excluding carboxylic acids is 1. The molecule has 2 aliphatic heterocycles. The molecule has 6 heteroatoms. The number of anilines is 2. The van der Waals surface area contributed by atoms with Gasteiger partial charge in [-0.1, -0.05) is 48.9 Å². The van der Waals surface area contributed by atoms with Gasteiger partial charge in [-0.3, -0.25) is 9.69 Å². The summed E-state index contributed by atoms with van der Waals surface area (Å²) in [5.41, 5.74) is 6.03. The van der Waals surface area contributed by atoms with Crippen molar-refractivity contribution in [1.82, 2.24) is 4.90 Å². The molecule has 0 saturated carbocycles. The van der Waals surface area contributed by atoms with Crippen LogP contribution in [0.4, 0.5) is 11.4 Å². The third-order valence-electron chi connectivity index (χ3n) is 6.82. The van der Waals surface area contributed by atoms with Crippen LogP contribution in [-0.4, -0.2) is 37.1 Å². The minimum absolute atomic E-state index is 0.154. The molecular formula is C31H35N3O3. The highest BCUT2D eigenvalue weighted by Crippen LogP contribution is 2.43. The van der Waals surface area contributed by atoms with E-state index in [1.807, 2.05) is 56.3 Å². The average molecular weight is 498 g/mol. The van der Waals surface area contributed by atoms with Crippen LogP contribution in [0.3, 0.4) is 0 Å². The van der Waals surface area contributed by atoms with Crippen LogP contribution in [0, 0.1) is 0 Å². The molecule has 5 rings (SSSR count). The van der Waals surface area contributed by atoms with Crippen LogP contribution in [0.1, 0.15) is 49.8 Å². The van der Waals surface area contributed by atoms with Gasteiger partial charge in [0, 0.05) is 23.9 Å². The molecule has 2 N–H and O–H groups in total. The zero-order chi connectivity index (χ0) is 25.6. The summed E-state index contributed by atoms with van der Waals surface area (Å²) in [4.78, 5) is 15.9. The lowest BCUT2D eigenvalue weighted by Gasteiger charge is -2.26. The van der Waals surface area contributed by atoms with E-state index in [0.29, 0.717) is 30.3 Å². The summed E-state index contributed by atoms with van der Waals surface area (Å²) in [5, 5.41) is 6.59. The van der Waals surface area contributed by atoms with Crippen LogP contribution < -0.4 is 20.1 Å². The molecule has 192 valence electrons. The molecule has 0 bridgehead atoms. The molecule has 2 heterocycles. The minimum Gasteiger partial charge on any atom is -0.490 e. The second-order valence-electron chi connectivity index (χ2n) is 9.44. The van der Waals surface area contributed by atoms with E-state index in [4.69, 9.17) is 9.47 Å². The fourth-order valence-electron chi connectivity index (χ4n) is 5.06. The third-order valence-corrected chi connectivity index (χ3v) is 6.82. The predicted molar refractivity (Wildman–Crippen MR) is 150 cm³/mol. The van der Waals surface area contributed by atoms with E-state index in [2.05, 4.69) is 39.8 Å². The topological polar surface area (TPSA) is 62.8 Å². The Morgan fingerprint density at radius 1 is 0.892 bits per heavy atom. The maximum atomic E-state index is 13.4. The Hall–Kier alpha value is -3.77. The van der Waals surface area contributed by atoms with Crippen LogP contribution in [0.25, 0.3) is 11.3 Å². The largest absolute Gasteiger partial charge is 0.490 e. The molecule has 0 unspecified atom stereocenters. The van der Waals surface area contributed by atoms with Crippen molar-refractivity contribution in [3.05, 3.63) is 83.4 Å². The van der Waals surface area contributed by atoms with Gasteiger partial charge in [0.05, 0.1) is 30.2 Å². The van der Waals surface area contributed by atoms with Crippen LogP contribution in [0.2, 0.25) is 0 Å². The van der Waals surface area contributed by atoms with E-state index in [9.17, 15) is 4.79 Å². The quantitative estimate of drug-likeness (QED) is 0.335. The Labute approximate surface area is 219 Å². The fourth-order valence-corrected chi connectivity index (χ4v) is 5.06. The Balaban J connectivity index is 1.51. The number of benzene rings is 3. The Morgan fingerprint density at radius 3 is 2.24 bits per heavy atom. The Bertz CT molecular complexity index is 1260. The zero-order valence-corrected chi connectivity index (χ0v) is 21.7. The summed E-state index contributed by atoms with van der Waals surface area (Å²) in [6.07, 6.45) is 3.91. The lowest BCUT2D eigenvalue weighted by atomic mass is 9.99. The van der Waals surface area contributed by atoms with Gasteiger partial charge in [-0.2, -0.15) is 0 Å². The lowest BCUT2D eigenvalue weighted by molar-refractivity contribution is -0.110. The van der Waals surface area contributed by atoms with Gasteiger partial charge < -0.3 is 20.1 Å². The normalized spacial score (nSPS) is 16.6. The molecule has 0 atom stereocenters. The monoisotopic (exact) mass is 497 g/mol. The van der Waals surface area contributed by atoms with Crippen molar-refractivity contribution in [2.45, 2.75) is 39.7 Å². The van der Waals surface area contributed by atoms with Crippen LogP contribution >= 0.6 is 0 Å². The minimum atomic E-state index is -0.154. The number of ether oxygens (including phenoxy) is 2. The highest BCUT2D eigenvalue weighted by Gasteiger charge is 2.30. The van der Waals surface area contributed by atoms with Crippen LogP contribution in [0.5, 0.6) is 11.5 Å². The molecule has 37 heavy (non-hydrogen) atoms. The summed E-state index contributed by atoms with van der Waals surface area (Å²) in [6, 6.07) is 22.3. The van der Waals surface area contributed by atoms with Gasteiger partial charge >= 0.3 is 0 Å². The van der Waals surface area contributed by atoms with E-state index in [1.54, 1.807) is 0 Å². The molecule has 0 spiro atoms. The van der Waals surface area contributed by atoms with Gasteiger partial charge in [-0.25, -0.2) is 0 Å². The molecule has 6 nitrogen and oxygen atoms in total. The van der Waals surface area contributed by atoms with Crippen molar-refractivity contribution < 1.29 is 14.3 Å². The molecule has 2 aliphatic rings. The average Bonchev–Trinajstić information content (AvgIpc) is 3.24. The first-order chi connectivity index (χ1) is 18.2. The van der Waals surface area contributed by atoms with Gasteiger partial charge in [0.1, 0.15) is 0 Å². The van der Waals surface area contributed by atoms with Crippen LogP contribution in [-0.2, 0) is 11.3 Å². The number of nitrogens with zero attached hydrogens (tertiary/aromatic N) is 1. The van der Waals surface area contributed by atoms with Gasteiger partial charge in [-0.05, 0) is 69.1 Å². The third kappa shape index (κ3) is 5.65. The summed E-state index contributed by atoms with van der Waals surface area (Å²) >= 11 is 0. The number of carbonyl (C=O) groups is 1. The number of hydrogen-bond acceptors (Lipinski definition) is 5. The van der Waals surface area contributed by atoms with Crippen molar-refractivity contribution >= 4 is 28.6 Å². The van der Waals surface area contributed by atoms with Crippen molar-refractivity contribution in [3.63, 3.8) is 0 Å². The summed E-state index contributed by atoms with van der Waals surface area (Å²) in [7, 11) is 0. The van der Waals surface area contributed by atoms with Gasteiger partial charge in [0.2, 0.25) is 0 Å². The second kappa shape index (κ2) is 11.5. The van der Waals surface area contributed by atoms with Gasteiger partial charge in [-0.15, -0.1) is 0 Å². The van der Waals surface area contributed by atoms with Crippen molar-refractivity contribution in [2.24, 2.45) is 0 Å². The van der Waals surface area contributed by atoms with Crippen LogP contribution in [0.15, 0.2) is 66.7 Å². The smallest absolute Gasteiger partial charge is 0.258 e. The molecule has 3 aromatic rings. The molecule has 1 saturated heterocycles. The second-order valence-corrected chi connectivity index (χ2v) is 9.44. The number of nitrogens with one attached hydrogen (secondary N) is 2. The first-order valence-corrected chi connectivity index (χ1v) is 13.3. The molecular weight excluding hydrogens is 462 g/mol. The molecule has 0 aliphatic carbocycles. The standard InChI is InChI=1S/C31H35N3O3/c1-3-36-27-19-25-26(20-28(27)37-4-2)33-31(35)29(25)30(23-11-7-5-8-12-23)32-24-15-13-22(14-16-24)21-34-17-9-6-10-18-34/h5,7-8,11-16,19-20,32H,3-4,6,9-10,17-18,21H2,1-2H3,(H,33,35). The highest BCUT2D eigenvalue weighted by molar-refractivity contribution is 6.37. The Kier molecular flexibility index (Phi) is 7.76. The summed E-state index contributed by atoms with van der Waals surface area (Å²) in [6.45, 7) is 8.22. The predicted octanol–water partition coefficient (Wildman–Crippen LogP) is 6.40. The zero-order valence-electron chi connectivity index (χ0n) is 21.7. The van der Waals surface area contributed by atoms with E-state index in [0.717, 1.165) is 34.7 Å². The number of fused-ring (bicyclic) bond motifs is 1. The summed E-state index contributed by atoms with van der Waals surface area (Å²) < 4.78 is 11.6. The van der Waals surface area contributed by atoms with E-state index in [-0.39, 0.29) is 5.91 Å². The number of hydrogen-bond donors (Lipinski definition) is 2. The first kappa shape index (κ1) is 24.9. The molecule has 1 amide bonds.